The number of rotatable bonds is 5. The normalized spacial score (nSPS) is 15.1. The lowest BCUT2D eigenvalue weighted by atomic mass is 10.1. The fourth-order valence-corrected chi connectivity index (χ4v) is 2.83. The first-order valence-corrected chi connectivity index (χ1v) is 7.14. The van der Waals surface area contributed by atoms with Gasteiger partial charge in [-0.2, -0.15) is 0 Å². The molecule has 1 aliphatic carbocycles. The van der Waals surface area contributed by atoms with Gasteiger partial charge in [0.1, 0.15) is 16.9 Å². The first-order chi connectivity index (χ1) is 10.0. The van der Waals surface area contributed by atoms with E-state index in [2.05, 4.69) is 4.98 Å². The van der Waals surface area contributed by atoms with Crippen molar-refractivity contribution in [3.63, 3.8) is 0 Å². The summed E-state index contributed by atoms with van der Waals surface area (Å²) < 4.78 is 0. The van der Waals surface area contributed by atoms with Crippen LogP contribution in [-0.4, -0.2) is 45.0 Å². The molecule has 114 valence electrons. The molecule has 1 N–H and O–H groups in total. The Kier molecular flexibility index (Phi) is 5.08. The first-order valence-electron chi connectivity index (χ1n) is 6.76. The third kappa shape index (κ3) is 3.48. The van der Waals surface area contributed by atoms with Crippen LogP contribution < -0.4 is 0 Å². The molecule has 1 heterocycles. The number of pyridine rings is 1. The second kappa shape index (κ2) is 6.82. The van der Waals surface area contributed by atoms with Gasteiger partial charge in [-0.3, -0.25) is 14.9 Å². The Morgan fingerprint density at radius 1 is 1.52 bits per heavy atom. The molecule has 1 aromatic rings. The number of hydrogen-bond acceptors (Lipinski definition) is 5. The second-order valence-corrected chi connectivity index (χ2v) is 5.33. The molecule has 2 rings (SSSR count). The summed E-state index contributed by atoms with van der Waals surface area (Å²) in [5.41, 5.74) is -0.453. The summed E-state index contributed by atoms with van der Waals surface area (Å²) in [7, 11) is 0. The zero-order chi connectivity index (χ0) is 15.4. The highest BCUT2D eigenvalue weighted by molar-refractivity contribution is 6.29. The lowest BCUT2D eigenvalue weighted by Gasteiger charge is -2.28. The van der Waals surface area contributed by atoms with Gasteiger partial charge in [0.25, 0.3) is 11.6 Å². The van der Waals surface area contributed by atoms with E-state index in [0.717, 1.165) is 31.9 Å². The maximum Gasteiger partial charge on any atom is 0.300 e. The number of nitro groups is 1. The summed E-state index contributed by atoms with van der Waals surface area (Å²) in [4.78, 5) is 28.2. The SMILES string of the molecule is O=C(c1cc(Cl)ncc1[N+](=O)[O-])N(CCO)C1CCCC1. The van der Waals surface area contributed by atoms with Crippen molar-refractivity contribution >= 4 is 23.2 Å². The lowest BCUT2D eigenvalue weighted by Crippen LogP contribution is -2.41. The summed E-state index contributed by atoms with van der Waals surface area (Å²) in [6.45, 7) is -0.0323. The zero-order valence-electron chi connectivity index (χ0n) is 11.4. The minimum atomic E-state index is -0.650. The van der Waals surface area contributed by atoms with E-state index in [4.69, 9.17) is 16.7 Å². The van der Waals surface area contributed by atoms with Crippen LogP contribution in [-0.2, 0) is 0 Å². The summed E-state index contributed by atoms with van der Waals surface area (Å²) in [5.74, 6) is -0.480. The van der Waals surface area contributed by atoms with Gasteiger partial charge in [0.2, 0.25) is 0 Å². The monoisotopic (exact) mass is 313 g/mol. The third-order valence-electron chi connectivity index (χ3n) is 3.64. The highest BCUT2D eigenvalue weighted by Gasteiger charge is 2.31. The molecule has 1 amide bonds. The van der Waals surface area contributed by atoms with Crippen molar-refractivity contribution in [3.8, 4) is 0 Å². The summed E-state index contributed by atoms with van der Waals surface area (Å²) in [5, 5.41) is 20.2. The van der Waals surface area contributed by atoms with E-state index in [1.165, 1.54) is 11.0 Å². The van der Waals surface area contributed by atoms with Crippen LogP contribution in [0.2, 0.25) is 5.15 Å². The lowest BCUT2D eigenvalue weighted by molar-refractivity contribution is -0.385. The van der Waals surface area contributed by atoms with Crippen LogP contribution in [0, 0.1) is 10.1 Å². The highest BCUT2D eigenvalue weighted by atomic mass is 35.5. The van der Waals surface area contributed by atoms with Crippen LogP contribution in [0.4, 0.5) is 5.69 Å². The molecule has 7 nitrogen and oxygen atoms in total. The maximum absolute atomic E-state index is 12.6. The van der Waals surface area contributed by atoms with E-state index in [9.17, 15) is 14.9 Å². The van der Waals surface area contributed by atoms with Crippen molar-refractivity contribution in [3.05, 3.63) is 33.1 Å². The highest BCUT2D eigenvalue weighted by Crippen LogP contribution is 2.28. The molecule has 0 bridgehead atoms. The minimum Gasteiger partial charge on any atom is -0.395 e. The molecule has 1 aromatic heterocycles. The predicted octanol–water partition coefficient (Wildman–Crippen LogP) is 2.02. The summed E-state index contributed by atoms with van der Waals surface area (Å²) in [6, 6.07) is 1.22. The smallest absolute Gasteiger partial charge is 0.300 e. The molecule has 21 heavy (non-hydrogen) atoms. The van der Waals surface area contributed by atoms with E-state index in [1.54, 1.807) is 0 Å². The van der Waals surface area contributed by atoms with E-state index < -0.39 is 10.8 Å². The third-order valence-corrected chi connectivity index (χ3v) is 3.85. The summed E-state index contributed by atoms with van der Waals surface area (Å²) >= 11 is 5.75. The van der Waals surface area contributed by atoms with E-state index in [0.29, 0.717) is 0 Å². The predicted molar refractivity (Wildman–Crippen MR) is 76.3 cm³/mol. The van der Waals surface area contributed by atoms with Gasteiger partial charge >= 0.3 is 0 Å². The minimum absolute atomic E-state index is 0.0104. The Balaban J connectivity index is 2.35. The van der Waals surface area contributed by atoms with E-state index in [-0.39, 0.29) is 35.6 Å². The molecule has 0 radical (unpaired) electrons. The molecule has 0 saturated heterocycles. The van der Waals surface area contributed by atoms with Crippen LogP contribution in [0.3, 0.4) is 0 Å². The fourth-order valence-electron chi connectivity index (χ4n) is 2.67. The Labute approximate surface area is 126 Å². The van der Waals surface area contributed by atoms with Gasteiger partial charge in [-0.25, -0.2) is 4.98 Å². The van der Waals surface area contributed by atoms with E-state index >= 15 is 0 Å². The summed E-state index contributed by atoms with van der Waals surface area (Å²) in [6.07, 6.45) is 4.70. The molecular weight excluding hydrogens is 298 g/mol. The van der Waals surface area contributed by atoms with E-state index in [1.807, 2.05) is 0 Å². The maximum atomic E-state index is 12.6. The van der Waals surface area contributed by atoms with Gasteiger partial charge in [-0.05, 0) is 18.9 Å². The molecule has 0 unspecified atom stereocenters. The number of aliphatic hydroxyl groups excluding tert-OH is 1. The first kappa shape index (κ1) is 15.7. The molecule has 8 heteroatoms. The standard InChI is InChI=1S/C13H16ClN3O4/c14-12-7-10(11(8-15-12)17(20)21)13(19)16(5-6-18)9-3-1-2-4-9/h7-9,18H,1-6H2. The van der Waals surface area contributed by atoms with Crippen molar-refractivity contribution in [1.82, 2.24) is 9.88 Å². The van der Waals surface area contributed by atoms with Gasteiger partial charge in [0, 0.05) is 12.6 Å². The molecule has 1 aliphatic rings. The van der Waals surface area contributed by atoms with Crippen LogP contribution >= 0.6 is 11.6 Å². The second-order valence-electron chi connectivity index (χ2n) is 4.94. The van der Waals surface area contributed by atoms with Crippen LogP contribution in [0.1, 0.15) is 36.0 Å². The average Bonchev–Trinajstić information content (AvgIpc) is 2.97. The molecule has 0 aromatic carbocycles. The van der Waals surface area contributed by atoms with Gasteiger partial charge in [0.15, 0.2) is 0 Å². The number of aliphatic hydroxyl groups is 1. The number of carbonyl (C=O) groups is 1. The number of amides is 1. The molecule has 1 saturated carbocycles. The molecule has 0 aliphatic heterocycles. The van der Waals surface area contributed by atoms with Crippen LogP contribution in [0.25, 0.3) is 0 Å². The number of nitrogens with zero attached hydrogens (tertiary/aromatic N) is 3. The number of aromatic nitrogens is 1. The Bertz CT molecular complexity index is 546. The Morgan fingerprint density at radius 3 is 2.76 bits per heavy atom. The van der Waals surface area contributed by atoms with Gasteiger partial charge in [0.05, 0.1) is 11.5 Å². The van der Waals surface area contributed by atoms with Crippen molar-refractivity contribution in [1.29, 1.82) is 0 Å². The zero-order valence-corrected chi connectivity index (χ0v) is 12.1. The topological polar surface area (TPSA) is 96.6 Å². The van der Waals surface area contributed by atoms with Gasteiger partial charge in [-0.15, -0.1) is 0 Å². The van der Waals surface area contributed by atoms with Gasteiger partial charge in [-0.1, -0.05) is 24.4 Å². The molecule has 1 fully saturated rings. The van der Waals surface area contributed by atoms with Crippen molar-refractivity contribution in [2.24, 2.45) is 0 Å². The molecule has 0 spiro atoms. The number of hydrogen-bond donors (Lipinski definition) is 1. The largest absolute Gasteiger partial charge is 0.395 e. The van der Waals surface area contributed by atoms with Crippen molar-refractivity contribution < 1.29 is 14.8 Å². The molecule has 0 atom stereocenters. The Morgan fingerprint density at radius 2 is 2.19 bits per heavy atom. The van der Waals surface area contributed by atoms with Crippen LogP contribution in [0.5, 0.6) is 0 Å². The van der Waals surface area contributed by atoms with Crippen LogP contribution in [0.15, 0.2) is 12.3 Å². The average molecular weight is 314 g/mol. The van der Waals surface area contributed by atoms with Crippen molar-refractivity contribution in [2.75, 3.05) is 13.2 Å². The van der Waals surface area contributed by atoms with Crippen molar-refractivity contribution in [2.45, 2.75) is 31.7 Å². The number of carbonyl (C=O) groups excluding carboxylic acids is 1. The number of halogens is 1. The Hall–Kier alpha value is -1.73. The fraction of sp³-hybridized carbons (Fsp3) is 0.538. The van der Waals surface area contributed by atoms with Gasteiger partial charge < -0.3 is 10.0 Å². The quantitative estimate of drug-likeness (QED) is 0.509. The molecular formula is C13H16ClN3O4.